The van der Waals surface area contributed by atoms with Gasteiger partial charge in [0.25, 0.3) is 5.91 Å². The maximum atomic E-state index is 12.1. The largest absolute Gasteiger partial charge is 0.479 e. The summed E-state index contributed by atoms with van der Waals surface area (Å²) in [6.45, 7) is 2.24. The van der Waals surface area contributed by atoms with Crippen molar-refractivity contribution in [2.45, 2.75) is 19.4 Å². The number of aryl methyl sites for hydroxylation is 1. The van der Waals surface area contributed by atoms with E-state index in [2.05, 4.69) is 10.0 Å². The standard InChI is InChI=1S/C13H18N2O6S/c1-8-4-5-10(15-22(3,20)21)9(6-8)11(16)14-7-13(2,19)12(17)18/h4-6,15,19H,7H2,1-3H3,(H,14,16)(H,17,18). The van der Waals surface area contributed by atoms with E-state index in [0.29, 0.717) is 5.56 Å². The van der Waals surface area contributed by atoms with E-state index < -0.39 is 34.0 Å². The second kappa shape index (κ2) is 6.32. The predicted octanol–water partition coefficient (Wildman–Crippen LogP) is -0.0681. The lowest BCUT2D eigenvalue weighted by Crippen LogP contribution is -2.46. The number of carbonyl (C=O) groups is 2. The van der Waals surface area contributed by atoms with Crippen molar-refractivity contribution in [2.75, 3.05) is 17.5 Å². The number of sulfonamides is 1. The summed E-state index contributed by atoms with van der Waals surface area (Å²) in [7, 11) is -3.58. The van der Waals surface area contributed by atoms with E-state index in [1.807, 2.05) is 0 Å². The molecule has 0 bridgehead atoms. The van der Waals surface area contributed by atoms with Crippen LogP contribution in [0.4, 0.5) is 5.69 Å². The zero-order chi connectivity index (χ0) is 17.1. The summed E-state index contributed by atoms with van der Waals surface area (Å²) in [5, 5.41) is 20.6. The van der Waals surface area contributed by atoms with Gasteiger partial charge in [-0.1, -0.05) is 11.6 Å². The predicted molar refractivity (Wildman–Crippen MR) is 80.2 cm³/mol. The fourth-order valence-corrected chi connectivity index (χ4v) is 2.14. The first kappa shape index (κ1) is 17.9. The van der Waals surface area contributed by atoms with Gasteiger partial charge in [0, 0.05) is 0 Å². The van der Waals surface area contributed by atoms with Crippen LogP contribution in [-0.4, -0.2) is 48.9 Å². The highest BCUT2D eigenvalue weighted by atomic mass is 32.2. The van der Waals surface area contributed by atoms with Crippen LogP contribution in [0.3, 0.4) is 0 Å². The highest BCUT2D eigenvalue weighted by Crippen LogP contribution is 2.18. The van der Waals surface area contributed by atoms with Gasteiger partial charge in [-0.2, -0.15) is 0 Å². The number of rotatable bonds is 6. The Bertz CT molecular complexity index is 696. The van der Waals surface area contributed by atoms with Gasteiger partial charge in [-0.3, -0.25) is 9.52 Å². The topological polar surface area (TPSA) is 133 Å². The van der Waals surface area contributed by atoms with E-state index in [9.17, 15) is 23.1 Å². The summed E-state index contributed by atoms with van der Waals surface area (Å²) in [6, 6.07) is 4.51. The van der Waals surface area contributed by atoms with Crippen molar-refractivity contribution in [3.8, 4) is 0 Å². The molecule has 0 saturated carbocycles. The second-order valence-electron chi connectivity index (χ2n) is 5.18. The van der Waals surface area contributed by atoms with E-state index in [-0.39, 0.29) is 11.3 Å². The lowest BCUT2D eigenvalue weighted by Gasteiger charge is -2.19. The van der Waals surface area contributed by atoms with Crippen molar-refractivity contribution >= 4 is 27.6 Å². The Balaban J connectivity index is 3.02. The van der Waals surface area contributed by atoms with Crippen LogP contribution in [0.5, 0.6) is 0 Å². The maximum Gasteiger partial charge on any atom is 0.337 e. The Morgan fingerprint density at radius 1 is 1.32 bits per heavy atom. The molecule has 0 radical (unpaired) electrons. The smallest absolute Gasteiger partial charge is 0.337 e. The van der Waals surface area contributed by atoms with Gasteiger partial charge >= 0.3 is 5.97 Å². The summed E-state index contributed by atoms with van der Waals surface area (Å²) in [6.07, 6.45) is 0.948. The summed E-state index contributed by atoms with van der Waals surface area (Å²) in [4.78, 5) is 22.9. The monoisotopic (exact) mass is 330 g/mol. The third-order valence-corrected chi connectivity index (χ3v) is 3.36. The molecule has 1 rings (SSSR count). The molecule has 0 aliphatic heterocycles. The van der Waals surface area contributed by atoms with Gasteiger partial charge < -0.3 is 15.5 Å². The van der Waals surface area contributed by atoms with Crippen molar-refractivity contribution in [3.05, 3.63) is 29.3 Å². The Kier molecular flexibility index (Phi) is 5.15. The molecule has 122 valence electrons. The summed E-state index contributed by atoms with van der Waals surface area (Å²) < 4.78 is 24.8. The third-order valence-electron chi connectivity index (χ3n) is 2.77. The number of amides is 1. The number of benzene rings is 1. The first-order valence-corrected chi connectivity index (χ1v) is 8.14. The van der Waals surface area contributed by atoms with E-state index in [4.69, 9.17) is 5.11 Å². The quantitative estimate of drug-likeness (QED) is 0.577. The number of hydrogen-bond acceptors (Lipinski definition) is 5. The SMILES string of the molecule is Cc1ccc(NS(C)(=O)=O)c(C(=O)NCC(C)(O)C(=O)O)c1. The Hall–Kier alpha value is -2.13. The van der Waals surface area contributed by atoms with Crippen LogP contribution < -0.4 is 10.0 Å². The molecule has 1 unspecified atom stereocenters. The van der Waals surface area contributed by atoms with Gasteiger partial charge in [0.1, 0.15) is 0 Å². The molecular weight excluding hydrogens is 312 g/mol. The minimum atomic E-state index is -3.58. The normalized spacial score (nSPS) is 14.0. The van der Waals surface area contributed by atoms with Crippen molar-refractivity contribution in [1.29, 1.82) is 0 Å². The molecule has 0 heterocycles. The number of carbonyl (C=O) groups excluding carboxylic acids is 1. The minimum absolute atomic E-state index is 0.0339. The van der Waals surface area contributed by atoms with Gasteiger partial charge in [-0.05, 0) is 26.0 Å². The number of aliphatic carboxylic acids is 1. The maximum absolute atomic E-state index is 12.1. The van der Waals surface area contributed by atoms with Crippen molar-refractivity contribution in [2.24, 2.45) is 0 Å². The molecule has 4 N–H and O–H groups in total. The van der Waals surface area contributed by atoms with Crippen LogP contribution in [-0.2, 0) is 14.8 Å². The number of carboxylic acids is 1. The highest BCUT2D eigenvalue weighted by molar-refractivity contribution is 7.92. The van der Waals surface area contributed by atoms with Gasteiger partial charge in [-0.15, -0.1) is 0 Å². The Morgan fingerprint density at radius 2 is 1.91 bits per heavy atom. The van der Waals surface area contributed by atoms with Crippen LogP contribution in [0, 0.1) is 6.92 Å². The van der Waals surface area contributed by atoms with Gasteiger partial charge in [0.05, 0.1) is 24.1 Å². The first-order chi connectivity index (χ1) is 9.92. The number of nitrogens with one attached hydrogen (secondary N) is 2. The highest BCUT2D eigenvalue weighted by Gasteiger charge is 2.30. The molecule has 1 aromatic carbocycles. The zero-order valence-corrected chi connectivity index (χ0v) is 13.2. The molecule has 0 aliphatic carbocycles. The van der Waals surface area contributed by atoms with E-state index in [1.165, 1.54) is 12.1 Å². The lowest BCUT2D eigenvalue weighted by atomic mass is 10.1. The minimum Gasteiger partial charge on any atom is -0.479 e. The van der Waals surface area contributed by atoms with Gasteiger partial charge in [0.2, 0.25) is 10.0 Å². The number of anilines is 1. The average molecular weight is 330 g/mol. The van der Waals surface area contributed by atoms with E-state index in [1.54, 1.807) is 13.0 Å². The number of carboxylic acid groups (broad SMARTS) is 1. The molecule has 0 aromatic heterocycles. The van der Waals surface area contributed by atoms with E-state index in [0.717, 1.165) is 13.2 Å². The van der Waals surface area contributed by atoms with Crippen LogP contribution in [0.15, 0.2) is 18.2 Å². The molecule has 0 saturated heterocycles. The summed E-state index contributed by atoms with van der Waals surface area (Å²) in [5.74, 6) is -2.18. The molecule has 9 heteroatoms. The zero-order valence-electron chi connectivity index (χ0n) is 12.4. The second-order valence-corrected chi connectivity index (χ2v) is 6.93. The fourth-order valence-electron chi connectivity index (χ4n) is 1.56. The number of aliphatic hydroxyl groups is 1. The molecule has 0 aliphatic rings. The Morgan fingerprint density at radius 3 is 2.41 bits per heavy atom. The van der Waals surface area contributed by atoms with Crippen molar-refractivity contribution in [1.82, 2.24) is 5.32 Å². The summed E-state index contributed by atoms with van der Waals surface area (Å²) >= 11 is 0. The molecule has 8 nitrogen and oxygen atoms in total. The molecule has 22 heavy (non-hydrogen) atoms. The molecule has 0 spiro atoms. The molecule has 1 atom stereocenters. The van der Waals surface area contributed by atoms with Gasteiger partial charge in [-0.25, -0.2) is 13.2 Å². The van der Waals surface area contributed by atoms with E-state index >= 15 is 0 Å². The first-order valence-electron chi connectivity index (χ1n) is 6.25. The average Bonchev–Trinajstić information content (AvgIpc) is 2.36. The fraction of sp³-hybridized carbons (Fsp3) is 0.385. The lowest BCUT2D eigenvalue weighted by molar-refractivity contribution is -0.155. The Labute approximate surface area is 128 Å². The van der Waals surface area contributed by atoms with Crippen LogP contribution >= 0.6 is 0 Å². The van der Waals surface area contributed by atoms with Crippen molar-refractivity contribution < 1.29 is 28.2 Å². The van der Waals surface area contributed by atoms with Crippen LogP contribution in [0.25, 0.3) is 0 Å². The molecule has 1 amide bonds. The van der Waals surface area contributed by atoms with Gasteiger partial charge in [0.15, 0.2) is 5.60 Å². The van der Waals surface area contributed by atoms with Crippen LogP contribution in [0.1, 0.15) is 22.8 Å². The van der Waals surface area contributed by atoms with Crippen molar-refractivity contribution in [3.63, 3.8) is 0 Å². The molecular formula is C13H18N2O6S. The third kappa shape index (κ3) is 5.01. The summed E-state index contributed by atoms with van der Waals surface area (Å²) in [5.41, 5.74) is -1.30. The van der Waals surface area contributed by atoms with Crippen LogP contribution in [0.2, 0.25) is 0 Å². The number of hydrogen-bond donors (Lipinski definition) is 4. The molecule has 0 fully saturated rings. The molecule has 1 aromatic rings.